The number of hydrogen-bond donors (Lipinski definition) is 1. The molecule has 1 aromatic heterocycles. The van der Waals surface area contributed by atoms with E-state index in [1.54, 1.807) is 0 Å². The molecule has 0 spiro atoms. The van der Waals surface area contributed by atoms with Crippen molar-refractivity contribution in [1.29, 1.82) is 0 Å². The van der Waals surface area contributed by atoms with Crippen molar-refractivity contribution in [1.82, 2.24) is 9.88 Å². The summed E-state index contributed by atoms with van der Waals surface area (Å²) < 4.78 is 0. The average molecular weight is 412 g/mol. The van der Waals surface area contributed by atoms with Gasteiger partial charge >= 0.3 is 0 Å². The molecule has 154 valence electrons. The molecule has 4 rings (SSSR count). The molecule has 0 atom stereocenters. The summed E-state index contributed by atoms with van der Waals surface area (Å²) >= 11 is 1.41. The number of amides is 2. The van der Waals surface area contributed by atoms with Gasteiger partial charge in [-0.05, 0) is 43.6 Å². The third kappa shape index (κ3) is 5.44. The summed E-state index contributed by atoms with van der Waals surface area (Å²) in [5.41, 5.74) is 2.14. The fourth-order valence-corrected chi connectivity index (χ4v) is 5.15. The van der Waals surface area contributed by atoms with Crippen LogP contribution in [0.3, 0.4) is 0 Å². The quantitative estimate of drug-likeness (QED) is 0.771. The molecule has 2 aromatic rings. The van der Waals surface area contributed by atoms with Crippen LogP contribution in [0, 0.1) is 11.8 Å². The van der Waals surface area contributed by atoms with Gasteiger partial charge in [0.2, 0.25) is 11.8 Å². The van der Waals surface area contributed by atoms with E-state index in [4.69, 9.17) is 0 Å². The Balaban J connectivity index is 1.23. The fourth-order valence-electron chi connectivity index (χ4n) is 4.44. The molecule has 2 aliphatic rings. The van der Waals surface area contributed by atoms with Crippen molar-refractivity contribution in [2.45, 2.75) is 51.4 Å². The molecule has 2 amide bonds. The van der Waals surface area contributed by atoms with E-state index in [-0.39, 0.29) is 17.7 Å². The second kappa shape index (κ2) is 9.53. The van der Waals surface area contributed by atoms with Crippen LogP contribution < -0.4 is 5.32 Å². The minimum absolute atomic E-state index is 0.0789. The number of anilines is 1. The molecule has 0 radical (unpaired) electrons. The number of carbonyl (C=O) groups excluding carboxylic acids is 2. The van der Waals surface area contributed by atoms with Gasteiger partial charge in [-0.2, -0.15) is 0 Å². The largest absolute Gasteiger partial charge is 0.342 e. The van der Waals surface area contributed by atoms with Gasteiger partial charge < -0.3 is 10.2 Å². The molecule has 1 aliphatic heterocycles. The Morgan fingerprint density at radius 2 is 1.79 bits per heavy atom. The fraction of sp³-hybridized carbons (Fsp3) is 0.522. The zero-order valence-electron chi connectivity index (χ0n) is 16.8. The van der Waals surface area contributed by atoms with Crippen LogP contribution in [-0.4, -0.2) is 34.8 Å². The molecular weight excluding hydrogens is 382 g/mol. The number of benzene rings is 1. The van der Waals surface area contributed by atoms with E-state index in [0.717, 1.165) is 63.7 Å². The topological polar surface area (TPSA) is 62.3 Å². The normalized spacial score (nSPS) is 18.1. The highest BCUT2D eigenvalue weighted by molar-refractivity contribution is 7.13. The minimum atomic E-state index is 0.0789. The maximum atomic E-state index is 12.7. The van der Waals surface area contributed by atoms with E-state index < -0.39 is 0 Å². The summed E-state index contributed by atoms with van der Waals surface area (Å²) in [7, 11) is 0. The number of rotatable bonds is 6. The first kappa shape index (κ1) is 20.1. The van der Waals surface area contributed by atoms with E-state index in [2.05, 4.69) is 40.6 Å². The molecule has 1 aliphatic carbocycles. The predicted molar refractivity (Wildman–Crippen MR) is 116 cm³/mol. The van der Waals surface area contributed by atoms with Crippen molar-refractivity contribution in [3.8, 4) is 0 Å². The lowest BCUT2D eigenvalue weighted by atomic mass is 9.90. The zero-order chi connectivity index (χ0) is 20.1. The first-order valence-electron chi connectivity index (χ1n) is 10.7. The number of likely N-dealkylation sites (tertiary alicyclic amines) is 1. The van der Waals surface area contributed by atoms with Crippen LogP contribution in [0.4, 0.5) is 5.13 Å². The highest BCUT2D eigenvalue weighted by Crippen LogP contribution is 2.27. The smallest absolute Gasteiger partial charge is 0.229 e. The van der Waals surface area contributed by atoms with Crippen LogP contribution in [0.25, 0.3) is 0 Å². The molecule has 1 saturated heterocycles. The second-order valence-electron chi connectivity index (χ2n) is 8.31. The number of nitrogens with one attached hydrogen (secondary N) is 1. The van der Waals surface area contributed by atoms with E-state index >= 15 is 0 Å². The number of aromatic nitrogens is 1. The SMILES string of the molecule is O=C(Nc1nc(CC(=O)N2CCC(Cc3ccccc3)CC2)cs1)C1CCCC1. The van der Waals surface area contributed by atoms with Crippen LogP contribution in [-0.2, 0) is 22.4 Å². The van der Waals surface area contributed by atoms with Crippen molar-refractivity contribution in [3.63, 3.8) is 0 Å². The lowest BCUT2D eigenvalue weighted by Gasteiger charge is -2.32. The molecule has 5 nitrogen and oxygen atoms in total. The summed E-state index contributed by atoms with van der Waals surface area (Å²) in [5.74, 6) is 0.997. The first-order chi connectivity index (χ1) is 14.2. The van der Waals surface area contributed by atoms with Crippen molar-refractivity contribution < 1.29 is 9.59 Å². The maximum Gasteiger partial charge on any atom is 0.229 e. The van der Waals surface area contributed by atoms with Gasteiger partial charge in [0.25, 0.3) is 0 Å². The van der Waals surface area contributed by atoms with Crippen LogP contribution in [0.5, 0.6) is 0 Å². The van der Waals surface area contributed by atoms with Gasteiger partial charge in [-0.3, -0.25) is 9.59 Å². The van der Waals surface area contributed by atoms with E-state index in [9.17, 15) is 9.59 Å². The Labute approximate surface area is 176 Å². The Kier molecular flexibility index (Phi) is 6.60. The number of hydrogen-bond acceptors (Lipinski definition) is 4. The lowest BCUT2D eigenvalue weighted by molar-refractivity contribution is -0.131. The highest BCUT2D eigenvalue weighted by atomic mass is 32.1. The monoisotopic (exact) mass is 411 g/mol. The Bertz CT molecular complexity index is 822. The third-order valence-corrected chi connectivity index (χ3v) is 6.98. The van der Waals surface area contributed by atoms with Gasteiger partial charge in [0.15, 0.2) is 5.13 Å². The third-order valence-electron chi connectivity index (χ3n) is 6.17. The van der Waals surface area contributed by atoms with E-state index in [1.807, 2.05) is 10.3 Å². The zero-order valence-corrected chi connectivity index (χ0v) is 17.6. The summed E-state index contributed by atoms with van der Waals surface area (Å²) in [6.45, 7) is 1.65. The summed E-state index contributed by atoms with van der Waals surface area (Å²) in [6.07, 6.45) is 7.75. The molecule has 6 heteroatoms. The van der Waals surface area contributed by atoms with Crippen LogP contribution >= 0.6 is 11.3 Å². The van der Waals surface area contributed by atoms with Gasteiger partial charge in [0, 0.05) is 24.4 Å². The number of piperidine rings is 1. The number of thiazole rings is 1. The maximum absolute atomic E-state index is 12.7. The van der Waals surface area contributed by atoms with Gasteiger partial charge in [0.1, 0.15) is 0 Å². The Hall–Kier alpha value is -2.21. The molecule has 0 bridgehead atoms. The molecule has 2 fully saturated rings. The van der Waals surface area contributed by atoms with Crippen molar-refractivity contribution in [3.05, 3.63) is 47.0 Å². The molecular formula is C23H29N3O2S. The lowest BCUT2D eigenvalue weighted by Crippen LogP contribution is -2.39. The summed E-state index contributed by atoms with van der Waals surface area (Å²) in [6, 6.07) is 10.6. The molecule has 1 aromatic carbocycles. The molecule has 0 unspecified atom stereocenters. The van der Waals surface area contributed by atoms with Crippen molar-refractivity contribution in [2.75, 3.05) is 18.4 Å². The van der Waals surface area contributed by atoms with Gasteiger partial charge in [-0.25, -0.2) is 4.98 Å². The van der Waals surface area contributed by atoms with Gasteiger partial charge in [-0.15, -0.1) is 11.3 Å². The molecule has 2 heterocycles. The highest BCUT2D eigenvalue weighted by Gasteiger charge is 2.25. The summed E-state index contributed by atoms with van der Waals surface area (Å²) in [5, 5.41) is 5.44. The predicted octanol–water partition coefficient (Wildman–Crippen LogP) is 4.30. The molecule has 29 heavy (non-hydrogen) atoms. The van der Waals surface area contributed by atoms with Crippen LogP contribution in [0.1, 0.15) is 49.8 Å². The van der Waals surface area contributed by atoms with Crippen molar-refractivity contribution in [2.24, 2.45) is 11.8 Å². The second-order valence-corrected chi connectivity index (χ2v) is 9.16. The standard InChI is InChI=1S/C23H29N3O2S/c27-21(26-12-10-18(11-13-26)14-17-6-2-1-3-7-17)15-20-16-29-23(24-20)25-22(28)19-8-4-5-9-19/h1-3,6-7,16,18-19H,4-5,8-15H2,(H,24,25,28). The van der Waals surface area contributed by atoms with Crippen LogP contribution in [0.15, 0.2) is 35.7 Å². The molecule has 1 saturated carbocycles. The van der Waals surface area contributed by atoms with E-state index in [1.165, 1.54) is 16.9 Å². The number of carbonyl (C=O) groups is 2. The minimum Gasteiger partial charge on any atom is -0.342 e. The molecule has 1 N–H and O–H groups in total. The first-order valence-corrected chi connectivity index (χ1v) is 11.6. The number of nitrogens with zero attached hydrogens (tertiary/aromatic N) is 2. The van der Waals surface area contributed by atoms with E-state index in [0.29, 0.717) is 17.5 Å². The Morgan fingerprint density at radius 1 is 1.07 bits per heavy atom. The van der Waals surface area contributed by atoms with Gasteiger partial charge in [-0.1, -0.05) is 43.2 Å². The summed E-state index contributed by atoms with van der Waals surface area (Å²) in [4.78, 5) is 31.3. The average Bonchev–Trinajstić information content (AvgIpc) is 3.42. The Morgan fingerprint density at radius 3 is 2.52 bits per heavy atom. The van der Waals surface area contributed by atoms with Gasteiger partial charge in [0.05, 0.1) is 12.1 Å². The van der Waals surface area contributed by atoms with Crippen molar-refractivity contribution >= 4 is 28.3 Å². The van der Waals surface area contributed by atoms with Crippen LogP contribution in [0.2, 0.25) is 0 Å².